The number of primary amides is 1. The molecule has 3 rings (SSSR count). The highest BCUT2D eigenvalue weighted by Crippen LogP contribution is 2.15. The standard InChI is InChI=1S/C47H66N12O13/c1-26(2)22-34(56-43(69)32(6-3-4-19-48)54-42(68)31(7-5-20-52-47(50)51)53-37(62)18-21-59-38(63)16-17-39(59)64)44(70)57-35(24-28-10-14-30(61)15-11-28)45(71)58-36(25-40(65)66)46(72)55-33(41(49)67)23-27-8-12-29(60)13-9-27/h8-17,26,31-36,60-61H,3-7,18-25,48H2,1-2H3,(H2,49,67)(H,53,62)(H,54,68)(H,55,72)(H,56,69)(H,57,70)(H,58,71)(H,65,66)(H4,50,51,52)/t31-,32-,33-,34-,35-,36-/m0/s1. The molecular weight excluding hydrogens is 941 g/mol. The summed E-state index contributed by atoms with van der Waals surface area (Å²) < 4.78 is 0. The first kappa shape index (κ1) is 58.2. The van der Waals surface area contributed by atoms with Crippen LogP contribution in [0.25, 0.3) is 0 Å². The van der Waals surface area contributed by atoms with E-state index in [9.17, 15) is 63.3 Å². The van der Waals surface area contributed by atoms with Gasteiger partial charge in [0.15, 0.2) is 5.96 Å². The molecule has 0 aromatic heterocycles. The van der Waals surface area contributed by atoms with E-state index in [4.69, 9.17) is 22.9 Å². The Morgan fingerprint density at radius 2 is 1.04 bits per heavy atom. The number of phenolic OH excluding ortho intramolecular Hbond substituents is 2. The van der Waals surface area contributed by atoms with Crippen molar-refractivity contribution >= 4 is 65.1 Å². The summed E-state index contributed by atoms with van der Waals surface area (Å²) in [5.74, 6) is -9.68. The fourth-order valence-corrected chi connectivity index (χ4v) is 7.28. The van der Waals surface area contributed by atoms with Crippen LogP contribution in [-0.4, -0.2) is 141 Å². The van der Waals surface area contributed by atoms with Crippen molar-refractivity contribution in [1.82, 2.24) is 36.8 Å². The zero-order valence-corrected chi connectivity index (χ0v) is 40.1. The van der Waals surface area contributed by atoms with E-state index in [1.54, 1.807) is 13.8 Å². The summed E-state index contributed by atoms with van der Waals surface area (Å²) in [5, 5.41) is 44.5. The number of carboxylic acid groups (broad SMARTS) is 1. The fourth-order valence-electron chi connectivity index (χ4n) is 7.28. The van der Waals surface area contributed by atoms with Gasteiger partial charge in [-0.25, -0.2) is 0 Å². The Morgan fingerprint density at radius 3 is 1.56 bits per heavy atom. The van der Waals surface area contributed by atoms with Crippen LogP contribution in [-0.2, 0) is 60.8 Å². The number of carbonyl (C=O) groups excluding carboxylic acids is 9. The van der Waals surface area contributed by atoms with E-state index in [0.29, 0.717) is 24.0 Å². The molecule has 2 aromatic rings. The van der Waals surface area contributed by atoms with E-state index >= 15 is 0 Å². The zero-order valence-electron chi connectivity index (χ0n) is 40.1. The molecule has 72 heavy (non-hydrogen) atoms. The van der Waals surface area contributed by atoms with Crippen molar-refractivity contribution in [2.75, 3.05) is 19.6 Å². The van der Waals surface area contributed by atoms with Crippen molar-refractivity contribution in [3.63, 3.8) is 0 Å². The minimum Gasteiger partial charge on any atom is -0.508 e. The minimum atomic E-state index is -1.81. The van der Waals surface area contributed by atoms with Gasteiger partial charge >= 0.3 is 5.97 Å². The lowest BCUT2D eigenvalue weighted by molar-refractivity contribution is -0.141. The fraction of sp³-hybridized carbons (Fsp3) is 0.468. The molecule has 1 aliphatic rings. The molecule has 0 saturated heterocycles. The Kier molecular flexibility index (Phi) is 23.6. The highest BCUT2D eigenvalue weighted by molar-refractivity contribution is 6.13. The largest absolute Gasteiger partial charge is 0.508 e. The first-order chi connectivity index (χ1) is 34.1. The number of benzene rings is 2. The zero-order chi connectivity index (χ0) is 53.5. The lowest BCUT2D eigenvalue weighted by atomic mass is 9.99. The van der Waals surface area contributed by atoms with Crippen LogP contribution in [0.5, 0.6) is 11.5 Å². The number of phenols is 2. The maximum atomic E-state index is 14.3. The van der Waals surface area contributed by atoms with Crippen LogP contribution in [0.4, 0.5) is 0 Å². The number of aliphatic imine (C=N–C) groups is 1. The lowest BCUT2D eigenvalue weighted by Gasteiger charge is -2.28. The maximum absolute atomic E-state index is 14.3. The molecule has 1 aliphatic heterocycles. The molecule has 6 atom stereocenters. The molecule has 25 nitrogen and oxygen atoms in total. The third kappa shape index (κ3) is 20.5. The summed E-state index contributed by atoms with van der Waals surface area (Å²) in [6.45, 7) is 3.57. The van der Waals surface area contributed by atoms with E-state index in [1.165, 1.54) is 48.5 Å². The van der Waals surface area contributed by atoms with Crippen molar-refractivity contribution in [1.29, 1.82) is 0 Å². The molecular formula is C47H66N12O13. The second-order valence-corrected chi connectivity index (χ2v) is 17.4. The molecule has 0 radical (unpaired) electrons. The Balaban J connectivity index is 1.89. The SMILES string of the molecule is CC(C)C[C@H](NC(=O)[C@H](CCCCN)NC(=O)[C@H](CCCN=C(N)N)NC(=O)CCN1C(=O)C=CC1=O)C(=O)N[C@@H](Cc1ccc(O)cc1)C(=O)N[C@@H](CC(=O)O)C(=O)N[C@@H](Cc1ccc(O)cc1)C(N)=O. The highest BCUT2D eigenvalue weighted by atomic mass is 16.4. The van der Waals surface area contributed by atoms with E-state index < -0.39 is 102 Å². The maximum Gasteiger partial charge on any atom is 0.305 e. The Morgan fingerprint density at radius 1 is 0.597 bits per heavy atom. The minimum absolute atomic E-state index is 0.00477. The van der Waals surface area contributed by atoms with Gasteiger partial charge in [0.1, 0.15) is 47.8 Å². The van der Waals surface area contributed by atoms with E-state index in [1.807, 2.05) is 0 Å². The van der Waals surface area contributed by atoms with Crippen LogP contribution in [0.15, 0.2) is 65.7 Å². The summed E-state index contributed by atoms with van der Waals surface area (Å²) in [7, 11) is 0. The number of unbranched alkanes of at least 4 members (excludes halogenated alkanes) is 1. The quantitative estimate of drug-likeness (QED) is 0.0158. The summed E-state index contributed by atoms with van der Waals surface area (Å²) in [4.78, 5) is 136. The van der Waals surface area contributed by atoms with Gasteiger partial charge in [0.25, 0.3) is 11.8 Å². The van der Waals surface area contributed by atoms with Gasteiger partial charge in [-0.3, -0.25) is 57.8 Å². The number of nitrogens with zero attached hydrogens (tertiary/aromatic N) is 2. The van der Waals surface area contributed by atoms with Gasteiger partial charge in [-0.2, -0.15) is 0 Å². The van der Waals surface area contributed by atoms with Gasteiger partial charge in [0, 0.05) is 44.5 Å². The molecule has 0 aliphatic carbocycles. The van der Waals surface area contributed by atoms with Crippen LogP contribution in [0.1, 0.15) is 76.3 Å². The van der Waals surface area contributed by atoms with Crippen LogP contribution < -0.4 is 54.8 Å². The number of carboxylic acids is 1. The smallest absolute Gasteiger partial charge is 0.305 e. The highest BCUT2D eigenvalue weighted by Gasteiger charge is 2.35. The number of rotatable bonds is 31. The molecule has 9 amide bonds. The molecule has 392 valence electrons. The summed E-state index contributed by atoms with van der Waals surface area (Å²) >= 11 is 0. The first-order valence-corrected chi connectivity index (χ1v) is 23.2. The summed E-state index contributed by atoms with van der Waals surface area (Å²) in [6.07, 6.45) is 1.35. The van der Waals surface area contributed by atoms with Gasteiger partial charge in [-0.1, -0.05) is 38.1 Å². The molecule has 0 unspecified atom stereocenters. The van der Waals surface area contributed by atoms with Gasteiger partial charge in [-0.05, 0) is 86.4 Å². The number of aliphatic carboxylic acids is 1. The van der Waals surface area contributed by atoms with Gasteiger partial charge in [0.2, 0.25) is 41.4 Å². The molecule has 1 heterocycles. The van der Waals surface area contributed by atoms with Crippen molar-refractivity contribution in [2.24, 2.45) is 33.8 Å². The van der Waals surface area contributed by atoms with Crippen LogP contribution in [0.2, 0.25) is 0 Å². The Labute approximate surface area is 415 Å². The lowest BCUT2D eigenvalue weighted by Crippen LogP contribution is -2.60. The van der Waals surface area contributed by atoms with Crippen molar-refractivity contribution in [3.8, 4) is 11.5 Å². The van der Waals surface area contributed by atoms with Crippen molar-refractivity contribution in [3.05, 3.63) is 71.8 Å². The average molecular weight is 1010 g/mol. The van der Waals surface area contributed by atoms with Crippen molar-refractivity contribution < 1.29 is 63.3 Å². The number of guanidine groups is 1. The van der Waals surface area contributed by atoms with E-state index in [-0.39, 0.29) is 88.0 Å². The predicted octanol–water partition coefficient (Wildman–Crippen LogP) is -2.70. The third-order valence-electron chi connectivity index (χ3n) is 11.0. The van der Waals surface area contributed by atoms with E-state index in [0.717, 1.165) is 17.1 Å². The van der Waals surface area contributed by atoms with Gasteiger partial charge in [-0.15, -0.1) is 0 Å². The van der Waals surface area contributed by atoms with Gasteiger partial charge < -0.3 is 70.2 Å². The second kappa shape index (κ2) is 29.2. The molecule has 0 saturated carbocycles. The van der Waals surface area contributed by atoms with Crippen LogP contribution in [0.3, 0.4) is 0 Å². The number of amides is 9. The average Bonchev–Trinajstić information content (AvgIpc) is 3.64. The molecule has 0 bridgehead atoms. The molecule has 2 aromatic carbocycles. The number of imide groups is 1. The summed E-state index contributed by atoms with van der Waals surface area (Å²) in [6, 6.07) is 2.52. The monoisotopic (exact) mass is 1010 g/mol. The number of hydrogen-bond acceptors (Lipinski definition) is 14. The van der Waals surface area contributed by atoms with Crippen LogP contribution in [0, 0.1) is 5.92 Å². The first-order valence-electron chi connectivity index (χ1n) is 23.2. The van der Waals surface area contributed by atoms with E-state index in [2.05, 4.69) is 36.9 Å². The molecule has 0 spiro atoms. The normalized spacial score (nSPS) is 14.5. The number of nitrogens with one attached hydrogen (secondary N) is 6. The Hall–Kier alpha value is -8.09. The summed E-state index contributed by atoms with van der Waals surface area (Å²) in [5.41, 5.74) is 23.1. The van der Waals surface area contributed by atoms with Crippen molar-refractivity contribution in [2.45, 2.75) is 114 Å². The number of carbonyl (C=O) groups is 10. The number of hydrogen-bond donors (Lipinski definition) is 13. The van der Waals surface area contributed by atoms with Crippen LogP contribution >= 0.6 is 0 Å². The predicted molar refractivity (Wildman–Crippen MR) is 259 cm³/mol. The third-order valence-corrected chi connectivity index (χ3v) is 11.0. The topological polar surface area (TPSA) is 423 Å². The number of aromatic hydroxyl groups is 2. The molecule has 25 heteroatoms. The second-order valence-electron chi connectivity index (χ2n) is 17.4. The molecule has 17 N–H and O–H groups in total. The molecule has 0 fully saturated rings. The Bertz CT molecular complexity index is 2290. The van der Waals surface area contributed by atoms with Gasteiger partial charge in [0.05, 0.1) is 6.42 Å². The number of nitrogens with two attached hydrogens (primary N) is 4.